The summed E-state index contributed by atoms with van der Waals surface area (Å²) in [5.41, 5.74) is 3.69. The first-order valence-corrected chi connectivity index (χ1v) is 13.9. The molecule has 0 N–H and O–H groups in total. The maximum absolute atomic E-state index is 13.4. The van der Waals surface area contributed by atoms with E-state index in [0.29, 0.717) is 29.7 Å². The summed E-state index contributed by atoms with van der Waals surface area (Å²) < 4.78 is 39.9. The van der Waals surface area contributed by atoms with Gasteiger partial charge in [0.1, 0.15) is 0 Å². The number of hydrogen-bond donors (Lipinski definition) is 0. The number of aromatic nitrogens is 1. The van der Waals surface area contributed by atoms with Gasteiger partial charge in [0, 0.05) is 29.4 Å². The maximum atomic E-state index is 13.4. The molecule has 3 rings (SSSR count). The highest BCUT2D eigenvalue weighted by molar-refractivity contribution is 7.89. The Kier molecular flexibility index (Phi) is 9.36. The summed E-state index contributed by atoms with van der Waals surface area (Å²) in [5, 5.41) is 0.498. The average molecular weight is 523 g/mol. The molecule has 0 aliphatic rings. The van der Waals surface area contributed by atoms with E-state index in [0.717, 1.165) is 24.1 Å². The molecule has 1 unspecified atom stereocenters. The van der Waals surface area contributed by atoms with Crippen molar-refractivity contribution in [1.29, 1.82) is 0 Å². The lowest BCUT2D eigenvalue weighted by atomic mass is 10.1. The first-order chi connectivity index (χ1) is 16.2. The molecule has 0 fully saturated rings. The first-order valence-electron chi connectivity index (χ1n) is 11.2. The lowest BCUT2D eigenvalue weighted by molar-refractivity contribution is 0.297. The fourth-order valence-electron chi connectivity index (χ4n) is 3.43. The van der Waals surface area contributed by atoms with Gasteiger partial charge in [-0.05, 0) is 54.8 Å². The van der Waals surface area contributed by atoms with Gasteiger partial charge in [0.25, 0.3) is 0 Å². The van der Waals surface area contributed by atoms with Gasteiger partial charge in [0.05, 0.1) is 29.8 Å². The molecule has 0 radical (unpaired) electrons. The number of hydrogen-bond acceptors (Lipinski definition) is 6. The van der Waals surface area contributed by atoms with Gasteiger partial charge in [-0.25, -0.2) is 13.4 Å². The minimum Gasteiger partial charge on any atom is -0.493 e. The Hall–Kier alpha value is -2.13. The molecular formula is C25H31ClN2O4S2. The molecule has 0 saturated heterocycles. The van der Waals surface area contributed by atoms with E-state index in [1.54, 1.807) is 42.7 Å². The van der Waals surface area contributed by atoms with E-state index in [4.69, 9.17) is 21.1 Å². The fraction of sp³-hybridized carbons (Fsp3) is 0.400. The molecule has 3 aromatic rings. The first kappa shape index (κ1) is 26.5. The summed E-state index contributed by atoms with van der Waals surface area (Å²) in [6.07, 6.45) is 1.64. The highest BCUT2D eigenvalue weighted by Crippen LogP contribution is 2.30. The number of nitrogens with zero attached hydrogens (tertiary/aromatic N) is 2. The van der Waals surface area contributed by atoms with E-state index in [1.807, 2.05) is 37.6 Å². The largest absolute Gasteiger partial charge is 0.493 e. The van der Waals surface area contributed by atoms with Crippen molar-refractivity contribution in [1.82, 2.24) is 9.29 Å². The predicted octanol–water partition coefficient (Wildman–Crippen LogP) is 5.97. The zero-order valence-electron chi connectivity index (χ0n) is 20.0. The van der Waals surface area contributed by atoms with Crippen LogP contribution in [0.4, 0.5) is 0 Å². The quantitative estimate of drug-likeness (QED) is 0.293. The monoisotopic (exact) mass is 522 g/mol. The summed E-state index contributed by atoms with van der Waals surface area (Å²) in [6.45, 7) is 7.24. The molecule has 0 aliphatic heterocycles. The third-order valence-electron chi connectivity index (χ3n) is 5.68. The van der Waals surface area contributed by atoms with E-state index < -0.39 is 10.0 Å². The highest BCUT2D eigenvalue weighted by Gasteiger charge is 2.26. The van der Waals surface area contributed by atoms with Gasteiger partial charge in [-0.1, -0.05) is 37.9 Å². The minimum absolute atomic E-state index is 0.210. The van der Waals surface area contributed by atoms with E-state index >= 15 is 0 Å². The zero-order valence-corrected chi connectivity index (χ0v) is 22.3. The van der Waals surface area contributed by atoms with Gasteiger partial charge in [-0.15, -0.1) is 11.3 Å². The van der Waals surface area contributed by atoms with Gasteiger partial charge in [-0.2, -0.15) is 4.31 Å². The maximum Gasteiger partial charge on any atom is 0.243 e. The molecule has 34 heavy (non-hydrogen) atoms. The Morgan fingerprint density at radius 2 is 1.88 bits per heavy atom. The van der Waals surface area contributed by atoms with E-state index in [9.17, 15) is 8.42 Å². The minimum atomic E-state index is -3.70. The van der Waals surface area contributed by atoms with Crippen molar-refractivity contribution in [2.45, 2.75) is 45.1 Å². The van der Waals surface area contributed by atoms with Crippen molar-refractivity contribution in [3.05, 3.63) is 69.1 Å². The van der Waals surface area contributed by atoms with Crippen LogP contribution in [0.5, 0.6) is 11.5 Å². The van der Waals surface area contributed by atoms with Crippen LogP contribution in [-0.4, -0.2) is 38.0 Å². The van der Waals surface area contributed by atoms with Gasteiger partial charge in [0.15, 0.2) is 11.5 Å². The van der Waals surface area contributed by atoms with Crippen molar-refractivity contribution in [3.63, 3.8) is 0 Å². The van der Waals surface area contributed by atoms with Crippen LogP contribution in [0.2, 0.25) is 5.02 Å². The predicted molar refractivity (Wildman–Crippen MR) is 138 cm³/mol. The lowest BCUT2D eigenvalue weighted by Gasteiger charge is -2.25. The van der Waals surface area contributed by atoms with Crippen LogP contribution >= 0.6 is 22.9 Å². The summed E-state index contributed by atoms with van der Waals surface area (Å²) >= 11 is 7.58. The smallest absolute Gasteiger partial charge is 0.243 e. The molecule has 0 bridgehead atoms. The normalized spacial score (nSPS) is 12.6. The molecule has 0 amide bonds. The second-order valence-electron chi connectivity index (χ2n) is 8.21. The lowest BCUT2D eigenvalue weighted by Crippen LogP contribution is -2.34. The van der Waals surface area contributed by atoms with Gasteiger partial charge >= 0.3 is 0 Å². The van der Waals surface area contributed by atoms with Crippen LogP contribution in [0.25, 0.3) is 0 Å². The van der Waals surface area contributed by atoms with E-state index in [2.05, 4.69) is 11.9 Å². The Labute approximate surface area is 211 Å². The molecular weight excluding hydrogens is 492 g/mol. The molecule has 6 nitrogen and oxygen atoms in total. The second kappa shape index (κ2) is 12.0. The molecule has 184 valence electrons. The number of ether oxygens (including phenoxy) is 2. The molecule has 0 spiro atoms. The fourth-order valence-corrected chi connectivity index (χ4v) is 5.87. The molecule has 0 aliphatic carbocycles. The van der Waals surface area contributed by atoms with Crippen LogP contribution in [0.15, 0.2) is 52.9 Å². The zero-order chi connectivity index (χ0) is 24.7. The number of halogens is 1. The van der Waals surface area contributed by atoms with E-state index in [1.165, 1.54) is 9.18 Å². The third kappa shape index (κ3) is 6.72. The van der Waals surface area contributed by atoms with Crippen molar-refractivity contribution < 1.29 is 17.9 Å². The van der Waals surface area contributed by atoms with Crippen LogP contribution in [-0.2, 0) is 23.0 Å². The van der Waals surface area contributed by atoms with Crippen LogP contribution < -0.4 is 9.47 Å². The number of rotatable bonds is 12. The third-order valence-corrected chi connectivity index (χ3v) is 8.75. The SMILES string of the molecule is CCC(C)CN(Cc1ccc(OCCc2scnc2C)c(OC)c1)S(=O)(=O)c1ccc(Cl)cc1. The summed E-state index contributed by atoms with van der Waals surface area (Å²) in [4.78, 5) is 5.69. The molecule has 1 aromatic heterocycles. The van der Waals surface area contributed by atoms with Crippen LogP contribution in [0.1, 0.15) is 36.4 Å². The standard InChI is InChI=1S/C25H31ClN2O4S2/c1-5-18(2)15-28(34(29,30)22-9-7-21(26)8-10-22)16-20-6-11-23(24(14-20)31-4)32-13-12-25-19(3)27-17-33-25/h6-11,14,17-18H,5,12-13,15-16H2,1-4H3. The van der Waals surface area contributed by atoms with Crippen molar-refractivity contribution in [3.8, 4) is 11.5 Å². The highest BCUT2D eigenvalue weighted by atomic mass is 35.5. The number of methoxy groups -OCH3 is 1. The van der Waals surface area contributed by atoms with E-state index in [-0.39, 0.29) is 17.4 Å². The Bertz CT molecular complexity index is 1180. The Morgan fingerprint density at radius 3 is 2.50 bits per heavy atom. The molecule has 1 atom stereocenters. The molecule has 2 aromatic carbocycles. The second-order valence-corrected chi connectivity index (χ2v) is 11.5. The van der Waals surface area contributed by atoms with Gasteiger partial charge in [-0.3, -0.25) is 0 Å². The number of benzene rings is 2. The summed E-state index contributed by atoms with van der Waals surface area (Å²) in [6, 6.07) is 11.8. The molecule has 0 saturated carbocycles. The Morgan fingerprint density at radius 1 is 1.15 bits per heavy atom. The number of sulfonamides is 1. The number of thiazole rings is 1. The van der Waals surface area contributed by atoms with Crippen molar-refractivity contribution >= 4 is 33.0 Å². The molecule has 9 heteroatoms. The summed E-state index contributed by atoms with van der Waals surface area (Å²) in [5.74, 6) is 1.41. The Balaban J connectivity index is 1.78. The van der Waals surface area contributed by atoms with Crippen LogP contribution in [0, 0.1) is 12.8 Å². The van der Waals surface area contributed by atoms with Crippen molar-refractivity contribution in [2.24, 2.45) is 5.92 Å². The van der Waals surface area contributed by atoms with Gasteiger partial charge < -0.3 is 9.47 Å². The van der Waals surface area contributed by atoms with Gasteiger partial charge in [0.2, 0.25) is 10.0 Å². The average Bonchev–Trinajstić information content (AvgIpc) is 3.24. The van der Waals surface area contributed by atoms with Crippen molar-refractivity contribution in [2.75, 3.05) is 20.3 Å². The summed E-state index contributed by atoms with van der Waals surface area (Å²) in [7, 11) is -2.11. The topological polar surface area (TPSA) is 68.7 Å². The molecule has 1 heterocycles. The number of aryl methyl sites for hydroxylation is 1. The van der Waals surface area contributed by atoms with Crippen LogP contribution in [0.3, 0.4) is 0 Å².